The lowest BCUT2D eigenvalue weighted by Crippen LogP contribution is -2.52. The van der Waals surface area contributed by atoms with E-state index >= 15 is 0 Å². The molecule has 0 bridgehead atoms. The predicted octanol–water partition coefficient (Wildman–Crippen LogP) is 2.98. The number of carbonyl (C=O) groups excluding carboxylic acids is 2. The number of aromatic nitrogens is 1. The minimum atomic E-state index is 0.0670. The molecule has 6 nitrogen and oxygen atoms in total. The maximum atomic E-state index is 12.8. The zero-order valence-corrected chi connectivity index (χ0v) is 18.1. The quantitative estimate of drug-likeness (QED) is 0.807. The number of carbonyl (C=O) groups is 2. The highest BCUT2D eigenvalue weighted by Gasteiger charge is 2.34. The highest BCUT2D eigenvalue weighted by Crippen LogP contribution is 2.28. The van der Waals surface area contributed by atoms with E-state index in [9.17, 15) is 9.59 Å². The zero-order chi connectivity index (χ0) is 20.8. The SMILES string of the molecule is O=C(NCc1cccnc1)[C@@H]1CCCN(C2CCN(C(=O)C3CCCCC3)CC2)C1. The second kappa shape index (κ2) is 10.4. The summed E-state index contributed by atoms with van der Waals surface area (Å²) in [4.78, 5) is 34.3. The molecule has 1 N–H and O–H groups in total. The Bertz CT molecular complexity index is 696. The number of pyridine rings is 1. The number of likely N-dealkylation sites (tertiary alicyclic amines) is 2. The average Bonchev–Trinajstić information content (AvgIpc) is 2.83. The molecule has 6 heteroatoms. The molecule has 0 radical (unpaired) electrons. The second-order valence-corrected chi connectivity index (χ2v) is 9.30. The van der Waals surface area contributed by atoms with Gasteiger partial charge in [0.2, 0.25) is 11.8 Å². The van der Waals surface area contributed by atoms with Crippen molar-refractivity contribution in [2.45, 2.75) is 70.4 Å². The van der Waals surface area contributed by atoms with Crippen LogP contribution in [0.15, 0.2) is 24.5 Å². The van der Waals surface area contributed by atoms with Gasteiger partial charge < -0.3 is 10.2 Å². The summed E-state index contributed by atoms with van der Waals surface area (Å²) in [5.41, 5.74) is 1.04. The van der Waals surface area contributed by atoms with E-state index in [1.807, 2.05) is 12.1 Å². The summed E-state index contributed by atoms with van der Waals surface area (Å²) in [6.45, 7) is 4.24. The van der Waals surface area contributed by atoms with E-state index in [0.717, 1.165) is 70.3 Å². The molecule has 4 rings (SSSR count). The Morgan fingerprint density at radius 2 is 1.73 bits per heavy atom. The van der Waals surface area contributed by atoms with E-state index in [2.05, 4.69) is 20.1 Å². The van der Waals surface area contributed by atoms with Gasteiger partial charge in [-0.05, 0) is 56.7 Å². The first-order chi connectivity index (χ1) is 14.7. The van der Waals surface area contributed by atoms with Gasteiger partial charge in [-0.2, -0.15) is 0 Å². The third-order valence-electron chi connectivity index (χ3n) is 7.26. The summed E-state index contributed by atoms with van der Waals surface area (Å²) in [5, 5.41) is 3.09. The third-order valence-corrected chi connectivity index (χ3v) is 7.26. The Kier molecular flexibility index (Phi) is 7.37. The van der Waals surface area contributed by atoms with Gasteiger partial charge in [0.05, 0.1) is 5.92 Å². The summed E-state index contributed by atoms with van der Waals surface area (Å²) in [7, 11) is 0. The van der Waals surface area contributed by atoms with E-state index in [4.69, 9.17) is 0 Å². The molecule has 0 spiro atoms. The number of hydrogen-bond acceptors (Lipinski definition) is 4. The smallest absolute Gasteiger partial charge is 0.225 e. The van der Waals surface area contributed by atoms with E-state index in [1.54, 1.807) is 12.4 Å². The monoisotopic (exact) mass is 412 g/mol. The molecule has 1 atom stereocenters. The van der Waals surface area contributed by atoms with E-state index < -0.39 is 0 Å². The van der Waals surface area contributed by atoms with Crippen LogP contribution in [0.4, 0.5) is 0 Å². The van der Waals surface area contributed by atoms with Crippen molar-refractivity contribution in [1.29, 1.82) is 0 Å². The van der Waals surface area contributed by atoms with Crippen molar-refractivity contribution in [2.75, 3.05) is 26.2 Å². The second-order valence-electron chi connectivity index (χ2n) is 9.30. The van der Waals surface area contributed by atoms with Crippen LogP contribution >= 0.6 is 0 Å². The highest BCUT2D eigenvalue weighted by atomic mass is 16.2. The summed E-state index contributed by atoms with van der Waals surface area (Å²) >= 11 is 0. The molecule has 2 aliphatic heterocycles. The van der Waals surface area contributed by atoms with Gasteiger partial charge in [-0.25, -0.2) is 0 Å². The minimum absolute atomic E-state index is 0.0670. The average molecular weight is 413 g/mol. The van der Waals surface area contributed by atoms with Gasteiger partial charge in [0.15, 0.2) is 0 Å². The molecule has 3 fully saturated rings. The molecule has 1 aromatic rings. The topological polar surface area (TPSA) is 65.5 Å². The maximum absolute atomic E-state index is 12.8. The van der Waals surface area contributed by atoms with Gasteiger partial charge in [-0.15, -0.1) is 0 Å². The van der Waals surface area contributed by atoms with Gasteiger partial charge >= 0.3 is 0 Å². The van der Waals surface area contributed by atoms with Crippen LogP contribution in [0.3, 0.4) is 0 Å². The fourth-order valence-electron chi connectivity index (χ4n) is 5.45. The first-order valence-electron chi connectivity index (χ1n) is 11.9. The molecule has 30 heavy (non-hydrogen) atoms. The van der Waals surface area contributed by atoms with Crippen LogP contribution in [-0.2, 0) is 16.1 Å². The maximum Gasteiger partial charge on any atom is 0.225 e. The van der Waals surface area contributed by atoms with Gasteiger partial charge in [-0.1, -0.05) is 25.3 Å². The van der Waals surface area contributed by atoms with Crippen molar-refractivity contribution in [3.05, 3.63) is 30.1 Å². The van der Waals surface area contributed by atoms with E-state index in [-0.39, 0.29) is 17.7 Å². The Morgan fingerprint density at radius 3 is 2.47 bits per heavy atom. The molecule has 1 saturated carbocycles. The first-order valence-corrected chi connectivity index (χ1v) is 11.9. The molecule has 1 aliphatic carbocycles. The molecule has 0 unspecified atom stereocenters. The van der Waals surface area contributed by atoms with Crippen molar-refractivity contribution in [2.24, 2.45) is 11.8 Å². The van der Waals surface area contributed by atoms with Gasteiger partial charge in [0.1, 0.15) is 0 Å². The third kappa shape index (κ3) is 5.39. The Morgan fingerprint density at radius 1 is 0.967 bits per heavy atom. The van der Waals surface area contributed by atoms with Crippen LogP contribution < -0.4 is 5.32 Å². The van der Waals surface area contributed by atoms with Crippen molar-refractivity contribution in [1.82, 2.24) is 20.1 Å². The molecule has 3 aliphatic rings. The normalized spacial score (nSPS) is 24.5. The van der Waals surface area contributed by atoms with E-state index in [1.165, 1.54) is 19.3 Å². The molecule has 3 heterocycles. The lowest BCUT2D eigenvalue weighted by molar-refractivity contribution is -0.138. The summed E-state index contributed by atoms with van der Waals surface area (Å²) < 4.78 is 0. The number of rotatable bonds is 5. The number of nitrogens with one attached hydrogen (secondary N) is 1. The zero-order valence-electron chi connectivity index (χ0n) is 18.1. The lowest BCUT2D eigenvalue weighted by Gasteiger charge is -2.42. The Labute approximate surface area is 180 Å². The van der Waals surface area contributed by atoms with Crippen LogP contribution in [0.25, 0.3) is 0 Å². The van der Waals surface area contributed by atoms with Crippen LogP contribution in [-0.4, -0.2) is 58.8 Å². The van der Waals surface area contributed by atoms with E-state index in [0.29, 0.717) is 18.5 Å². The molecule has 164 valence electrons. The fourth-order valence-corrected chi connectivity index (χ4v) is 5.45. The number of hydrogen-bond donors (Lipinski definition) is 1. The van der Waals surface area contributed by atoms with Gasteiger partial charge in [0, 0.05) is 50.5 Å². The molecular weight excluding hydrogens is 376 g/mol. The van der Waals surface area contributed by atoms with Gasteiger partial charge in [0.25, 0.3) is 0 Å². The molecular formula is C24H36N4O2. The van der Waals surface area contributed by atoms with Crippen LogP contribution in [0.2, 0.25) is 0 Å². The number of nitrogens with zero attached hydrogens (tertiary/aromatic N) is 3. The van der Waals surface area contributed by atoms with Crippen LogP contribution in [0, 0.1) is 11.8 Å². The minimum Gasteiger partial charge on any atom is -0.352 e. The van der Waals surface area contributed by atoms with Crippen molar-refractivity contribution in [3.8, 4) is 0 Å². The summed E-state index contributed by atoms with van der Waals surface area (Å²) in [5.74, 6) is 0.906. The molecule has 0 aromatic carbocycles. The largest absolute Gasteiger partial charge is 0.352 e. The molecule has 1 aromatic heterocycles. The molecule has 2 saturated heterocycles. The van der Waals surface area contributed by atoms with Crippen LogP contribution in [0.5, 0.6) is 0 Å². The van der Waals surface area contributed by atoms with Crippen molar-refractivity contribution in [3.63, 3.8) is 0 Å². The van der Waals surface area contributed by atoms with Crippen molar-refractivity contribution >= 4 is 11.8 Å². The van der Waals surface area contributed by atoms with Crippen molar-refractivity contribution < 1.29 is 9.59 Å². The molecule has 2 amide bonds. The predicted molar refractivity (Wildman–Crippen MR) is 117 cm³/mol. The first kappa shape index (κ1) is 21.3. The number of piperidine rings is 2. The van der Waals surface area contributed by atoms with Gasteiger partial charge in [-0.3, -0.25) is 19.5 Å². The Hall–Kier alpha value is -1.95. The highest BCUT2D eigenvalue weighted by molar-refractivity contribution is 5.79. The Balaban J connectivity index is 1.23. The van der Waals surface area contributed by atoms with Crippen LogP contribution in [0.1, 0.15) is 63.4 Å². The number of amides is 2. The lowest BCUT2D eigenvalue weighted by atomic mass is 9.87. The standard InChI is InChI=1S/C24H36N4O2/c29-23(26-17-19-6-4-12-25-16-19)21-9-5-13-28(18-21)22-10-14-27(15-11-22)24(30)20-7-2-1-3-8-20/h4,6,12,16,20-22H,1-3,5,7-11,13-15,17-18H2,(H,26,29)/t21-/m1/s1. The fraction of sp³-hybridized carbons (Fsp3) is 0.708. The summed E-state index contributed by atoms with van der Waals surface area (Å²) in [6, 6.07) is 4.40. The summed E-state index contributed by atoms with van der Waals surface area (Å²) in [6.07, 6.45) is 13.6.